The van der Waals surface area contributed by atoms with Crippen LogP contribution in [-0.2, 0) is 15.9 Å². The number of rotatable bonds is 5. The first kappa shape index (κ1) is 19.4. The summed E-state index contributed by atoms with van der Waals surface area (Å²) < 4.78 is 16.6. The van der Waals surface area contributed by atoms with Crippen molar-refractivity contribution in [2.45, 2.75) is 25.7 Å². The fraction of sp³-hybridized carbons (Fsp3) is 0.304. The number of methoxy groups -OCH3 is 3. The van der Waals surface area contributed by atoms with Crippen molar-refractivity contribution in [1.29, 1.82) is 0 Å². The van der Waals surface area contributed by atoms with Crippen molar-refractivity contribution in [3.8, 4) is 5.75 Å². The van der Waals surface area contributed by atoms with Crippen LogP contribution in [0.3, 0.4) is 0 Å². The summed E-state index contributed by atoms with van der Waals surface area (Å²) in [5, 5.41) is 12.1. The Bertz CT molecular complexity index is 1100. The van der Waals surface area contributed by atoms with Gasteiger partial charge in [-0.1, -0.05) is 12.1 Å². The van der Waals surface area contributed by atoms with Gasteiger partial charge >= 0.3 is 0 Å². The lowest BCUT2D eigenvalue weighted by atomic mass is 9.84. The first-order chi connectivity index (χ1) is 14.0. The van der Waals surface area contributed by atoms with Gasteiger partial charge in [-0.15, -0.1) is 0 Å². The van der Waals surface area contributed by atoms with Crippen molar-refractivity contribution < 1.29 is 19.3 Å². The number of allylic oxidation sites excluding steroid dienone is 3. The Morgan fingerprint density at radius 1 is 1.14 bits per heavy atom. The summed E-state index contributed by atoms with van der Waals surface area (Å²) in [7, 11) is 4.73. The Labute approximate surface area is 169 Å². The Morgan fingerprint density at radius 2 is 1.97 bits per heavy atom. The van der Waals surface area contributed by atoms with Crippen LogP contribution in [0, 0.1) is 0 Å². The first-order valence-electron chi connectivity index (χ1n) is 9.45. The van der Waals surface area contributed by atoms with Crippen LogP contribution in [0.5, 0.6) is 5.75 Å². The van der Waals surface area contributed by atoms with E-state index in [-0.39, 0.29) is 0 Å². The predicted octanol–water partition coefficient (Wildman–Crippen LogP) is 3.71. The molecule has 2 aliphatic rings. The molecule has 0 fully saturated rings. The van der Waals surface area contributed by atoms with Crippen molar-refractivity contribution in [3.63, 3.8) is 0 Å². The highest BCUT2D eigenvalue weighted by Crippen LogP contribution is 2.41. The second-order valence-corrected chi connectivity index (χ2v) is 7.04. The molecule has 1 unspecified atom stereocenters. The highest BCUT2D eigenvalue weighted by Gasteiger charge is 2.41. The average molecular weight is 392 g/mol. The topological polar surface area (TPSA) is 73.2 Å². The van der Waals surface area contributed by atoms with E-state index in [0.29, 0.717) is 23.5 Å². The largest absolute Gasteiger partial charge is 0.496 e. The molecule has 150 valence electrons. The highest BCUT2D eigenvalue weighted by atomic mass is 16.6. The zero-order valence-electron chi connectivity index (χ0n) is 17.0. The predicted molar refractivity (Wildman–Crippen MR) is 112 cm³/mol. The summed E-state index contributed by atoms with van der Waals surface area (Å²) in [6, 6.07) is 7.79. The molecular formula is C23H24N2O4. The summed E-state index contributed by atoms with van der Waals surface area (Å²) in [6.45, 7) is 1.87. The summed E-state index contributed by atoms with van der Waals surface area (Å²) >= 11 is 0. The second-order valence-electron chi connectivity index (χ2n) is 7.04. The average Bonchev–Trinajstić information content (AvgIpc) is 2.75. The number of hydrogen-bond donors (Lipinski definition) is 1. The monoisotopic (exact) mass is 392 g/mol. The van der Waals surface area contributed by atoms with Gasteiger partial charge in [-0.25, -0.2) is 4.99 Å². The number of nitrogens with zero attached hydrogens (tertiary/aromatic N) is 2. The van der Waals surface area contributed by atoms with Gasteiger partial charge in [0.1, 0.15) is 11.5 Å². The molecule has 0 spiro atoms. The van der Waals surface area contributed by atoms with Crippen LogP contribution >= 0.6 is 0 Å². The van der Waals surface area contributed by atoms with Crippen LogP contribution in [0.25, 0.3) is 10.9 Å². The number of pyridine rings is 1. The van der Waals surface area contributed by atoms with Gasteiger partial charge in [0, 0.05) is 47.5 Å². The number of fused-ring (bicyclic) bond motifs is 2. The van der Waals surface area contributed by atoms with Crippen LogP contribution in [-0.4, -0.2) is 43.0 Å². The quantitative estimate of drug-likeness (QED) is 0.786. The van der Waals surface area contributed by atoms with Crippen LogP contribution in [0.4, 0.5) is 0 Å². The van der Waals surface area contributed by atoms with Gasteiger partial charge in [0.2, 0.25) is 0 Å². The normalized spacial score (nSPS) is 21.3. The number of dihydropyridines is 1. The molecule has 0 radical (unpaired) electrons. The van der Waals surface area contributed by atoms with Gasteiger partial charge in [0.05, 0.1) is 19.7 Å². The van der Waals surface area contributed by atoms with E-state index in [9.17, 15) is 5.11 Å². The third-order valence-electron chi connectivity index (χ3n) is 5.39. The molecule has 2 heterocycles. The maximum absolute atomic E-state index is 11.2. The van der Waals surface area contributed by atoms with E-state index < -0.39 is 5.91 Å². The molecule has 29 heavy (non-hydrogen) atoms. The van der Waals surface area contributed by atoms with Crippen LogP contribution in [0.1, 0.15) is 18.9 Å². The van der Waals surface area contributed by atoms with Gasteiger partial charge in [-0.05, 0) is 43.2 Å². The van der Waals surface area contributed by atoms with Gasteiger partial charge in [0.15, 0.2) is 0 Å². The van der Waals surface area contributed by atoms with Gasteiger partial charge in [-0.3, -0.25) is 4.98 Å². The third-order valence-corrected chi connectivity index (χ3v) is 5.39. The molecule has 0 bridgehead atoms. The van der Waals surface area contributed by atoms with Crippen molar-refractivity contribution in [1.82, 2.24) is 4.98 Å². The number of aromatic nitrogens is 1. The Kier molecular flexibility index (Phi) is 4.98. The Balaban J connectivity index is 1.87. The molecule has 1 aliphatic carbocycles. The van der Waals surface area contributed by atoms with Gasteiger partial charge in [0.25, 0.3) is 5.91 Å². The molecule has 1 aliphatic heterocycles. The third kappa shape index (κ3) is 3.24. The fourth-order valence-electron chi connectivity index (χ4n) is 3.98. The summed E-state index contributed by atoms with van der Waals surface area (Å²) in [5.74, 6) is -0.292. The van der Waals surface area contributed by atoms with E-state index >= 15 is 0 Å². The molecule has 0 saturated heterocycles. The number of benzene rings is 1. The zero-order chi connectivity index (χ0) is 20.6. The lowest BCUT2D eigenvalue weighted by Gasteiger charge is -2.35. The van der Waals surface area contributed by atoms with Crippen molar-refractivity contribution >= 4 is 16.6 Å². The van der Waals surface area contributed by atoms with Gasteiger partial charge < -0.3 is 19.3 Å². The summed E-state index contributed by atoms with van der Waals surface area (Å²) in [6.07, 6.45) is 7.04. The number of ether oxygens (including phenoxy) is 3. The summed E-state index contributed by atoms with van der Waals surface area (Å²) in [5.41, 5.74) is 4.90. The minimum atomic E-state index is -1.76. The van der Waals surface area contributed by atoms with Crippen LogP contribution in [0.2, 0.25) is 0 Å². The highest BCUT2D eigenvalue weighted by molar-refractivity contribution is 6.05. The SMILES string of the molecule is COC1=CCC=C2C(C)=NC(O)(OC)C(Cc3cnc4cccc(OC)c4c3)=C12. The molecule has 6 nitrogen and oxygen atoms in total. The lowest BCUT2D eigenvalue weighted by molar-refractivity contribution is -0.150. The first-order valence-corrected chi connectivity index (χ1v) is 9.45. The lowest BCUT2D eigenvalue weighted by Crippen LogP contribution is -2.38. The smallest absolute Gasteiger partial charge is 0.292 e. The van der Waals surface area contributed by atoms with E-state index in [1.54, 1.807) is 20.4 Å². The number of hydrogen-bond acceptors (Lipinski definition) is 6. The van der Waals surface area contributed by atoms with Gasteiger partial charge in [-0.2, -0.15) is 0 Å². The van der Waals surface area contributed by atoms with E-state index in [1.807, 2.05) is 37.3 Å². The molecule has 1 aromatic carbocycles. The molecule has 0 amide bonds. The van der Waals surface area contributed by atoms with Crippen molar-refractivity contribution in [2.75, 3.05) is 21.3 Å². The van der Waals surface area contributed by atoms with E-state index in [4.69, 9.17) is 14.2 Å². The standard InChI is InChI=1S/C23H24N2O4/c1-14-16-7-5-10-21(28-3)22(16)18(23(26,25-14)29-4)12-15-11-17-19(24-13-15)8-6-9-20(17)27-2/h6-11,13,26H,5,12H2,1-4H3. The zero-order valence-corrected chi connectivity index (χ0v) is 17.0. The van der Waals surface area contributed by atoms with Crippen LogP contribution < -0.4 is 4.74 Å². The molecule has 1 N–H and O–H groups in total. The van der Waals surface area contributed by atoms with Crippen LogP contribution in [0.15, 0.2) is 70.1 Å². The molecular weight excluding hydrogens is 368 g/mol. The van der Waals surface area contributed by atoms with Crippen molar-refractivity contribution in [3.05, 3.63) is 70.7 Å². The molecule has 0 saturated carbocycles. The second kappa shape index (κ2) is 7.46. The summed E-state index contributed by atoms with van der Waals surface area (Å²) in [4.78, 5) is 9.02. The molecule has 6 heteroatoms. The van der Waals surface area contributed by atoms with Crippen molar-refractivity contribution in [2.24, 2.45) is 4.99 Å². The molecule has 4 rings (SSSR count). The van der Waals surface area contributed by atoms with E-state index in [0.717, 1.165) is 39.8 Å². The fourth-order valence-corrected chi connectivity index (χ4v) is 3.98. The molecule has 1 atom stereocenters. The molecule has 1 aromatic heterocycles. The minimum absolute atomic E-state index is 0.398. The maximum atomic E-state index is 11.2. The minimum Gasteiger partial charge on any atom is -0.496 e. The van der Waals surface area contributed by atoms with E-state index in [2.05, 4.69) is 16.1 Å². The van der Waals surface area contributed by atoms with E-state index in [1.165, 1.54) is 7.11 Å². The number of aliphatic hydroxyl groups is 1. The Morgan fingerprint density at radius 3 is 2.69 bits per heavy atom. The maximum Gasteiger partial charge on any atom is 0.292 e. The Hall–Kier alpha value is -2.96. The molecule has 2 aromatic rings. The number of aliphatic imine (C=N–C) groups is 1.